The second-order valence-electron chi connectivity index (χ2n) is 5.43. The molecule has 0 fully saturated rings. The molecule has 4 unspecified atom stereocenters. The van der Waals surface area contributed by atoms with E-state index in [1.54, 1.807) is 0 Å². The highest BCUT2D eigenvalue weighted by atomic mass is 32.2. The molecule has 0 saturated heterocycles. The molecule has 0 amide bonds. The van der Waals surface area contributed by atoms with Crippen LogP contribution in [0.4, 0.5) is 0 Å². The van der Waals surface area contributed by atoms with Crippen LogP contribution in [0.2, 0.25) is 0 Å². The highest BCUT2D eigenvalue weighted by Crippen LogP contribution is 2.28. The highest BCUT2D eigenvalue weighted by Gasteiger charge is 2.32. The zero-order valence-electron chi connectivity index (χ0n) is 12.7. The van der Waals surface area contributed by atoms with Crippen molar-refractivity contribution in [3.05, 3.63) is 35.9 Å². The molecular weight excluding hydrogens is 254 g/mol. The third kappa shape index (κ3) is 4.15. The normalized spacial score (nSPS) is 18.0. The van der Waals surface area contributed by atoms with E-state index < -0.39 is 10.8 Å². The Bertz CT molecular complexity index is 391. The van der Waals surface area contributed by atoms with Crippen molar-refractivity contribution in [2.45, 2.75) is 50.7 Å². The van der Waals surface area contributed by atoms with E-state index in [1.807, 2.05) is 25.2 Å². The van der Waals surface area contributed by atoms with Crippen molar-refractivity contribution in [2.75, 3.05) is 7.05 Å². The van der Waals surface area contributed by atoms with Crippen molar-refractivity contribution in [1.29, 1.82) is 0 Å². The summed E-state index contributed by atoms with van der Waals surface area (Å²) in [6, 6.07) is 10.5. The van der Waals surface area contributed by atoms with Crippen LogP contribution in [-0.4, -0.2) is 21.8 Å². The van der Waals surface area contributed by atoms with Crippen LogP contribution in [0.15, 0.2) is 30.3 Å². The maximum atomic E-state index is 12.8. The van der Waals surface area contributed by atoms with Gasteiger partial charge in [-0.1, -0.05) is 58.0 Å². The van der Waals surface area contributed by atoms with Crippen molar-refractivity contribution in [2.24, 2.45) is 5.92 Å². The lowest BCUT2D eigenvalue weighted by Gasteiger charge is -2.31. The fourth-order valence-electron chi connectivity index (χ4n) is 2.40. The molecule has 1 N–H and O–H groups in total. The summed E-state index contributed by atoms with van der Waals surface area (Å²) in [4.78, 5) is 0. The molecule has 1 rings (SSSR count). The van der Waals surface area contributed by atoms with E-state index in [0.29, 0.717) is 5.92 Å². The molecule has 0 aliphatic heterocycles. The Morgan fingerprint density at radius 2 is 1.74 bits per heavy atom. The Labute approximate surface area is 120 Å². The third-order valence-corrected chi connectivity index (χ3v) is 6.17. The first-order valence-electron chi connectivity index (χ1n) is 7.14. The second-order valence-corrected chi connectivity index (χ2v) is 7.44. The minimum Gasteiger partial charge on any atom is -0.312 e. The van der Waals surface area contributed by atoms with Crippen LogP contribution in [0.3, 0.4) is 0 Å². The number of rotatable bonds is 7. The number of hydrogen-bond acceptors (Lipinski definition) is 2. The minimum absolute atomic E-state index is 0.141. The molecular formula is C16H27NOS. The Kier molecular flexibility index (Phi) is 6.73. The zero-order chi connectivity index (χ0) is 14.4. The molecule has 0 aliphatic rings. The molecule has 0 heterocycles. The Balaban J connectivity index is 3.06. The number of benzene rings is 1. The van der Waals surface area contributed by atoms with Gasteiger partial charge in [-0.15, -0.1) is 0 Å². The predicted molar refractivity (Wildman–Crippen MR) is 84.8 cm³/mol. The molecule has 2 nitrogen and oxygen atoms in total. The van der Waals surface area contributed by atoms with Crippen LogP contribution in [0, 0.1) is 5.92 Å². The van der Waals surface area contributed by atoms with Gasteiger partial charge in [0.05, 0.1) is 5.25 Å². The van der Waals surface area contributed by atoms with E-state index in [0.717, 1.165) is 6.42 Å². The fraction of sp³-hybridized carbons (Fsp3) is 0.625. The molecule has 108 valence electrons. The number of nitrogens with one attached hydrogen (secondary N) is 1. The first kappa shape index (κ1) is 16.4. The predicted octanol–water partition coefficient (Wildman–Crippen LogP) is 3.52. The van der Waals surface area contributed by atoms with Gasteiger partial charge in [0.15, 0.2) is 0 Å². The molecule has 0 aromatic heterocycles. The first-order chi connectivity index (χ1) is 9.02. The summed E-state index contributed by atoms with van der Waals surface area (Å²) in [6.07, 6.45) is 0.959. The lowest BCUT2D eigenvalue weighted by molar-refractivity contribution is 0.458. The van der Waals surface area contributed by atoms with E-state index in [2.05, 4.69) is 45.1 Å². The third-order valence-electron chi connectivity index (χ3n) is 3.70. The Morgan fingerprint density at radius 3 is 2.16 bits per heavy atom. The van der Waals surface area contributed by atoms with Crippen LogP contribution in [0.1, 0.15) is 45.7 Å². The van der Waals surface area contributed by atoms with E-state index in [1.165, 1.54) is 5.56 Å². The SMILES string of the molecule is CCC(C)S(=O)C(C(C)C)C(NC)c1ccccc1. The smallest absolute Gasteiger partial charge is 0.0568 e. The number of hydrogen-bond donors (Lipinski definition) is 1. The van der Waals surface area contributed by atoms with Crippen molar-refractivity contribution in [3.63, 3.8) is 0 Å². The summed E-state index contributed by atoms with van der Waals surface area (Å²) >= 11 is 0. The molecule has 1 aromatic carbocycles. The largest absolute Gasteiger partial charge is 0.312 e. The maximum absolute atomic E-state index is 12.8. The molecule has 0 bridgehead atoms. The molecule has 0 spiro atoms. The van der Waals surface area contributed by atoms with Crippen LogP contribution in [-0.2, 0) is 10.8 Å². The lowest BCUT2D eigenvalue weighted by atomic mass is 9.96. The molecule has 3 heteroatoms. The van der Waals surface area contributed by atoms with Crippen LogP contribution >= 0.6 is 0 Å². The molecule has 1 aromatic rings. The van der Waals surface area contributed by atoms with E-state index in [9.17, 15) is 4.21 Å². The van der Waals surface area contributed by atoms with Gasteiger partial charge in [-0.05, 0) is 24.9 Å². The summed E-state index contributed by atoms with van der Waals surface area (Å²) in [6.45, 7) is 8.52. The molecule has 0 radical (unpaired) electrons. The lowest BCUT2D eigenvalue weighted by Crippen LogP contribution is -2.39. The van der Waals surface area contributed by atoms with Crippen molar-refractivity contribution in [3.8, 4) is 0 Å². The van der Waals surface area contributed by atoms with Gasteiger partial charge in [0.1, 0.15) is 0 Å². The van der Waals surface area contributed by atoms with Crippen molar-refractivity contribution < 1.29 is 4.21 Å². The van der Waals surface area contributed by atoms with Gasteiger partial charge in [-0.3, -0.25) is 4.21 Å². The monoisotopic (exact) mass is 281 g/mol. The standard InChI is InChI=1S/C16H27NOS/c1-6-13(4)19(18)16(12(2)3)15(17-5)14-10-8-7-9-11-14/h7-13,15-17H,6H2,1-5H3. The fourth-order valence-corrected chi connectivity index (χ4v) is 4.36. The second kappa shape index (κ2) is 7.81. The molecule has 0 saturated carbocycles. The zero-order valence-corrected chi connectivity index (χ0v) is 13.5. The summed E-state index contributed by atoms with van der Waals surface area (Å²) in [5.74, 6) is 0.382. The summed E-state index contributed by atoms with van der Waals surface area (Å²) in [7, 11) is 1.13. The molecule has 4 atom stereocenters. The van der Waals surface area contributed by atoms with Gasteiger partial charge in [0.25, 0.3) is 0 Å². The van der Waals surface area contributed by atoms with Gasteiger partial charge in [-0.25, -0.2) is 0 Å². The van der Waals surface area contributed by atoms with Gasteiger partial charge >= 0.3 is 0 Å². The average molecular weight is 281 g/mol. The van der Waals surface area contributed by atoms with Gasteiger partial charge < -0.3 is 5.32 Å². The summed E-state index contributed by atoms with van der Waals surface area (Å²) in [5, 5.41) is 3.75. The maximum Gasteiger partial charge on any atom is 0.0568 e. The highest BCUT2D eigenvalue weighted by molar-refractivity contribution is 7.86. The quantitative estimate of drug-likeness (QED) is 0.828. The molecule has 0 aliphatic carbocycles. The summed E-state index contributed by atoms with van der Waals surface area (Å²) in [5.41, 5.74) is 1.22. The minimum atomic E-state index is -0.826. The Morgan fingerprint density at radius 1 is 1.16 bits per heavy atom. The summed E-state index contributed by atoms with van der Waals surface area (Å²) < 4.78 is 12.8. The molecule has 19 heavy (non-hydrogen) atoms. The van der Waals surface area contributed by atoms with Gasteiger partial charge in [0, 0.05) is 22.1 Å². The van der Waals surface area contributed by atoms with Gasteiger partial charge in [0.2, 0.25) is 0 Å². The van der Waals surface area contributed by atoms with Crippen LogP contribution in [0.5, 0.6) is 0 Å². The van der Waals surface area contributed by atoms with Crippen molar-refractivity contribution >= 4 is 10.8 Å². The topological polar surface area (TPSA) is 29.1 Å². The van der Waals surface area contributed by atoms with E-state index >= 15 is 0 Å². The van der Waals surface area contributed by atoms with E-state index in [-0.39, 0.29) is 16.5 Å². The van der Waals surface area contributed by atoms with Crippen LogP contribution < -0.4 is 5.32 Å². The first-order valence-corrected chi connectivity index (χ1v) is 8.42. The average Bonchev–Trinajstić information content (AvgIpc) is 2.43. The van der Waals surface area contributed by atoms with E-state index in [4.69, 9.17) is 0 Å². The van der Waals surface area contributed by atoms with Crippen LogP contribution in [0.25, 0.3) is 0 Å². The van der Waals surface area contributed by atoms with Crippen molar-refractivity contribution in [1.82, 2.24) is 5.32 Å². The van der Waals surface area contributed by atoms with Gasteiger partial charge in [-0.2, -0.15) is 0 Å². The Hall–Kier alpha value is -0.670.